The highest BCUT2D eigenvalue weighted by Gasteiger charge is 2.10. The number of carbonyl (C=O) groups excluding carboxylic acids is 1. The number of likely N-dealkylation sites (N-methyl/N-ethyl adjacent to an activating group) is 1. The van der Waals surface area contributed by atoms with Crippen LogP contribution in [0.15, 0.2) is 18.2 Å². The molecule has 1 amide bonds. The topological polar surface area (TPSA) is 119 Å². The second kappa shape index (κ2) is 12.8. The summed E-state index contributed by atoms with van der Waals surface area (Å²) < 4.78 is 0. The zero-order valence-electron chi connectivity index (χ0n) is 15.8. The van der Waals surface area contributed by atoms with E-state index >= 15 is 0 Å². The predicted molar refractivity (Wildman–Crippen MR) is 100 cm³/mol. The molecule has 1 aromatic carbocycles. The van der Waals surface area contributed by atoms with Crippen molar-refractivity contribution < 1.29 is 24.6 Å². The molecule has 0 saturated carbocycles. The van der Waals surface area contributed by atoms with Gasteiger partial charge in [0.15, 0.2) is 0 Å². The molecule has 0 aliphatic carbocycles. The smallest absolute Gasteiger partial charge is 0.317 e. The molecule has 4 N–H and O–H groups in total. The van der Waals surface area contributed by atoms with Gasteiger partial charge < -0.3 is 15.5 Å². The quantitative estimate of drug-likeness (QED) is 0.520. The number of aryl methyl sites for hydroxylation is 2. The number of benzene rings is 1. The first-order chi connectivity index (χ1) is 12.2. The van der Waals surface area contributed by atoms with Crippen LogP contribution in [0, 0.1) is 13.8 Å². The number of hydrogen-bond donors (Lipinski definition) is 4. The summed E-state index contributed by atoms with van der Waals surface area (Å²) in [6.07, 6.45) is 0. The summed E-state index contributed by atoms with van der Waals surface area (Å²) in [6, 6.07) is 6.03. The summed E-state index contributed by atoms with van der Waals surface area (Å²) >= 11 is 0. The molecule has 0 spiro atoms. The van der Waals surface area contributed by atoms with Crippen LogP contribution < -0.4 is 10.6 Å². The second-order valence-corrected chi connectivity index (χ2v) is 5.67. The minimum absolute atomic E-state index is 0.0612. The third-order valence-electron chi connectivity index (χ3n) is 3.56. The van der Waals surface area contributed by atoms with Crippen molar-refractivity contribution in [2.45, 2.75) is 27.7 Å². The molecule has 0 bridgehead atoms. The Morgan fingerprint density at radius 1 is 0.962 bits per heavy atom. The van der Waals surface area contributed by atoms with Crippen molar-refractivity contribution in [3.8, 4) is 0 Å². The first-order valence-corrected chi connectivity index (χ1v) is 8.43. The molecule has 8 heteroatoms. The van der Waals surface area contributed by atoms with Crippen LogP contribution in [-0.2, 0) is 14.4 Å². The average Bonchev–Trinajstić information content (AvgIpc) is 2.56. The van der Waals surface area contributed by atoms with Gasteiger partial charge in [0.1, 0.15) is 0 Å². The number of amides is 1. The van der Waals surface area contributed by atoms with Gasteiger partial charge in [-0.3, -0.25) is 24.6 Å². The SMILES string of the molecule is CCN(CC)CC(=O)Nc1c(C)cccc1C.O=C(O)CNCC(=O)O. The van der Waals surface area contributed by atoms with E-state index in [9.17, 15) is 14.4 Å². The molecule has 0 unspecified atom stereocenters. The van der Waals surface area contributed by atoms with Gasteiger partial charge in [0.25, 0.3) is 0 Å². The molecule has 0 fully saturated rings. The zero-order valence-corrected chi connectivity index (χ0v) is 15.8. The normalized spacial score (nSPS) is 10.0. The first-order valence-electron chi connectivity index (χ1n) is 8.43. The molecule has 0 atom stereocenters. The second-order valence-electron chi connectivity index (χ2n) is 5.67. The van der Waals surface area contributed by atoms with E-state index in [0.717, 1.165) is 29.9 Å². The van der Waals surface area contributed by atoms with Crippen molar-refractivity contribution >= 4 is 23.5 Å². The van der Waals surface area contributed by atoms with Crippen molar-refractivity contribution in [3.63, 3.8) is 0 Å². The van der Waals surface area contributed by atoms with E-state index in [4.69, 9.17) is 10.2 Å². The van der Waals surface area contributed by atoms with Crippen LogP contribution in [0.3, 0.4) is 0 Å². The molecule has 8 nitrogen and oxygen atoms in total. The van der Waals surface area contributed by atoms with Gasteiger partial charge >= 0.3 is 11.9 Å². The highest BCUT2D eigenvalue weighted by Crippen LogP contribution is 2.19. The lowest BCUT2D eigenvalue weighted by atomic mass is 10.1. The van der Waals surface area contributed by atoms with Crippen molar-refractivity contribution in [1.29, 1.82) is 0 Å². The van der Waals surface area contributed by atoms with Crippen LogP contribution in [0.1, 0.15) is 25.0 Å². The number of carboxylic acid groups (broad SMARTS) is 2. The maximum Gasteiger partial charge on any atom is 0.317 e. The van der Waals surface area contributed by atoms with Crippen LogP contribution in [-0.4, -0.2) is 65.7 Å². The Labute approximate surface area is 154 Å². The lowest BCUT2D eigenvalue weighted by molar-refractivity contribution is -0.137. The summed E-state index contributed by atoms with van der Waals surface area (Å²) in [5.74, 6) is -2.06. The third-order valence-corrected chi connectivity index (χ3v) is 3.56. The Morgan fingerprint density at radius 3 is 1.81 bits per heavy atom. The monoisotopic (exact) mass is 367 g/mol. The summed E-state index contributed by atoms with van der Waals surface area (Å²) in [5, 5.41) is 21.1. The average molecular weight is 367 g/mol. The highest BCUT2D eigenvalue weighted by atomic mass is 16.4. The fourth-order valence-corrected chi connectivity index (χ4v) is 2.12. The Morgan fingerprint density at radius 2 is 1.42 bits per heavy atom. The minimum atomic E-state index is -1.06. The highest BCUT2D eigenvalue weighted by molar-refractivity contribution is 5.93. The molecule has 0 radical (unpaired) electrons. The fraction of sp³-hybridized carbons (Fsp3) is 0.500. The van der Waals surface area contributed by atoms with Crippen LogP contribution in [0.2, 0.25) is 0 Å². The van der Waals surface area contributed by atoms with Crippen molar-refractivity contribution in [2.75, 3.05) is 38.0 Å². The van der Waals surface area contributed by atoms with E-state index in [1.807, 2.05) is 32.0 Å². The molecule has 0 aliphatic rings. The molecule has 0 heterocycles. The summed E-state index contributed by atoms with van der Waals surface area (Å²) in [4.78, 5) is 33.4. The number of rotatable bonds is 9. The molecule has 0 aromatic heterocycles. The molecule has 26 heavy (non-hydrogen) atoms. The Bertz CT molecular complexity index is 566. The number of anilines is 1. The Hall–Kier alpha value is -2.45. The number of nitrogens with one attached hydrogen (secondary N) is 2. The van der Waals surface area contributed by atoms with E-state index in [1.165, 1.54) is 0 Å². The largest absolute Gasteiger partial charge is 0.480 e. The minimum Gasteiger partial charge on any atom is -0.480 e. The lowest BCUT2D eigenvalue weighted by Gasteiger charge is -2.18. The van der Waals surface area contributed by atoms with Gasteiger partial charge in [-0.1, -0.05) is 32.0 Å². The van der Waals surface area contributed by atoms with E-state index in [1.54, 1.807) is 0 Å². The Kier molecular flexibility index (Phi) is 11.6. The number of para-hydroxylation sites is 1. The summed E-state index contributed by atoms with van der Waals surface area (Å²) in [5.41, 5.74) is 3.17. The molecule has 1 aromatic rings. The predicted octanol–water partition coefficient (Wildman–Crippen LogP) is 1.33. The molecular weight excluding hydrogens is 338 g/mol. The maximum absolute atomic E-state index is 11.9. The molecule has 0 saturated heterocycles. The van der Waals surface area contributed by atoms with Gasteiger partial charge in [-0.25, -0.2) is 0 Å². The summed E-state index contributed by atoms with van der Waals surface area (Å²) in [7, 11) is 0. The Balaban J connectivity index is 0.000000590. The standard InChI is InChI=1S/C14H22N2O.C4H7NO4/c1-5-16(6-2)10-13(17)15-14-11(3)8-7-9-12(14)4;6-3(7)1-5-2-4(8)9/h7-9H,5-6,10H2,1-4H3,(H,15,17);5H,1-2H2,(H,6,7)(H,8,9). The molecule has 146 valence electrons. The van der Waals surface area contributed by atoms with Gasteiger partial charge in [-0.15, -0.1) is 0 Å². The summed E-state index contributed by atoms with van der Waals surface area (Å²) in [6.45, 7) is 9.79. The van der Waals surface area contributed by atoms with Crippen LogP contribution in [0.5, 0.6) is 0 Å². The molecule has 0 aliphatic heterocycles. The zero-order chi connectivity index (χ0) is 20.1. The van der Waals surface area contributed by atoms with Gasteiger partial charge in [-0.05, 0) is 38.1 Å². The number of aliphatic carboxylic acids is 2. The van der Waals surface area contributed by atoms with Crippen LogP contribution in [0.4, 0.5) is 5.69 Å². The van der Waals surface area contributed by atoms with E-state index in [2.05, 4.69) is 29.4 Å². The first kappa shape index (κ1) is 23.5. The fourth-order valence-electron chi connectivity index (χ4n) is 2.12. The van der Waals surface area contributed by atoms with E-state index < -0.39 is 11.9 Å². The van der Waals surface area contributed by atoms with E-state index in [-0.39, 0.29) is 19.0 Å². The maximum atomic E-state index is 11.9. The van der Waals surface area contributed by atoms with Crippen molar-refractivity contribution in [3.05, 3.63) is 29.3 Å². The number of carboxylic acids is 2. The number of carbonyl (C=O) groups is 3. The van der Waals surface area contributed by atoms with E-state index in [0.29, 0.717) is 6.54 Å². The lowest BCUT2D eigenvalue weighted by Crippen LogP contribution is -2.33. The van der Waals surface area contributed by atoms with Crippen molar-refractivity contribution in [1.82, 2.24) is 10.2 Å². The van der Waals surface area contributed by atoms with Gasteiger partial charge in [0.05, 0.1) is 19.6 Å². The molecular formula is C18H29N3O5. The number of nitrogens with zero attached hydrogens (tertiary/aromatic N) is 1. The molecule has 1 rings (SSSR count). The van der Waals surface area contributed by atoms with Crippen molar-refractivity contribution in [2.24, 2.45) is 0 Å². The van der Waals surface area contributed by atoms with Crippen LogP contribution in [0.25, 0.3) is 0 Å². The number of hydrogen-bond acceptors (Lipinski definition) is 5. The van der Waals surface area contributed by atoms with Gasteiger partial charge in [0, 0.05) is 5.69 Å². The van der Waals surface area contributed by atoms with Crippen LogP contribution >= 0.6 is 0 Å². The van der Waals surface area contributed by atoms with Gasteiger partial charge in [-0.2, -0.15) is 0 Å². The third kappa shape index (κ3) is 10.4. The van der Waals surface area contributed by atoms with Gasteiger partial charge in [0.2, 0.25) is 5.91 Å².